The number of hydrogen-bond donors (Lipinski definition) is 1. The van der Waals surface area contributed by atoms with Crippen LogP contribution in [-0.4, -0.2) is 41.4 Å². The van der Waals surface area contributed by atoms with Crippen LogP contribution in [0.4, 0.5) is 0 Å². The van der Waals surface area contributed by atoms with Gasteiger partial charge in [0.25, 0.3) is 5.56 Å². The number of fused-ring (bicyclic) bond motifs is 1. The Balaban J connectivity index is 1.63. The molecule has 0 saturated heterocycles. The first-order valence-corrected chi connectivity index (χ1v) is 11.6. The third kappa shape index (κ3) is 4.77. The van der Waals surface area contributed by atoms with Gasteiger partial charge < -0.3 is 24.1 Å². The molecule has 2 heterocycles. The zero-order chi connectivity index (χ0) is 25.8. The Hall–Kier alpha value is -4.27. The number of carbonyl (C=O) groups is 1. The summed E-state index contributed by atoms with van der Waals surface area (Å²) < 4.78 is 19.6. The Bertz CT molecular complexity index is 1430. The molecule has 0 unspecified atom stereocenters. The fourth-order valence-electron chi connectivity index (χ4n) is 4.20. The summed E-state index contributed by atoms with van der Waals surface area (Å²) in [6.07, 6.45) is 0.518. The van der Waals surface area contributed by atoms with Gasteiger partial charge in [-0.1, -0.05) is 30.3 Å². The highest BCUT2D eigenvalue weighted by Crippen LogP contribution is 2.41. The van der Waals surface area contributed by atoms with Crippen molar-refractivity contribution < 1.29 is 19.0 Å². The fraction of sp³-hybridized carbons (Fsp3) is 0.296. The van der Waals surface area contributed by atoms with E-state index in [1.165, 1.54) is 4.52 Å². The van der Waals surface area contributed by atoms with Crippen molar-refractivity contribution in [1.82, 2.24) is 19.5 Å². The number of nitrogens with one attached hydrogen (secondary N) is 1. The number of ether oxygens (including phenoxy) is 3. The first-order valence-electron chi connectivity index (χ1n) is 11.6. The summed E-state index contributed by atoms with van der Waals surface area (Å²) in [6, 6.07) is 15.1. The van der Waals surface area contributed by atoms with Crippen LogP contribution in [0, 0.1) is 6.92 Å². The van der Waals surface area contributed by atoms with Crippen LogP contribution in [0.3, 0.4) is 0 Å². The topological polar surface area (TPSA) is 96.1 Å². The molecule has 0 aliphatic rings. The van der Waals surface area contributed by atoms with Crippen LogP contribution in [0.15, 0.2) is 53.3 Å². The van der Waals surface area contributed by atoms with Crippen LogP contribution in [0.1, 0.15) is 23.2 Å². The third-order valence-electron chi connectivity index (χ3n) is 6.32. The van der Waals surface area contributed by atoms with E-state index in [9.17, 15) is 9.59 Å². The van der Waals surface area contributed by atoms with Gasteiger partial charge in [0.15, 0.2) is 11.5 Å². The molecule has 4 aromatic rings. The van der Waals surface area contributed by atoms with Crippen molar-refractivity contribution in [2.24, 2.45) is 7.05 Å². The Labute approximate surface area is 209 Å². The molecule has 36 heavy (non-hydrogen) atoms. The van der Waals surface area contributed by atoms with Gasteiger partial charge in [-0.15, -0.1) is 0 Å². The number of aromatic nitrogens is 3. The minimum absolute atomic E-state index is 0.112. The second-order valence-corrected chi connectivity index (χ2v) is 8.40. The molecule has 9 nitrogen and oxygen atoms in total. The number of nitrogens with zero attached hydrogens (tertiary/aromatic N) is 3. The standard InChI is InChI=1S/C27H30N4O5/c1-17-20(11-12-24(32)28-16-18-9-7-6-8-10-18)27(33)31-25(30(17)2)15-21(29-31)19-13-22(34-3)26(36-5)23(14-19)35-4/h6-10,13-15H,11-12,16H2,1-5H3,(H,28,32). The summed E-state index contributed by atoms with van der Waals surface area (Å²) >= 11 is 0. The van der Waals surface area contributed by atoms with Gasteiger partial charge in [-0.3, -0.25) is 9.59 Å². The van der Waals surface area contributed by atoms with E-state index in [2.05, 4.69) is 10.4 Å². The van der Waals surface area contributed by atoms with Gasteiger partial charge in [0, 0.05) is 42.9 Å². The van der Waals surface area contributed by atoms with Crippen molar-refractivity contribution in [3.8, 4) is 28.5 Å². The van der Waals surface area contributed by atoms with Crippen LogP contribution in [-0.2, 0) is 24.8 Å². The highest BCUT2D eigenvalue weighted by molar-refractivity contribution is 5.76. The predicted molar refractivity (Wildman–Crippen MR) is 137 cm³/mol. The van der Waals surface area contributed by atoms with E-state index in [4.69, 9.17) is 14.2 Å². The average molecular weight is 491 g/mol. The Morgan fingerprint density at radius 3 is 2.28 bits per heavy atom. The van der Waals surface area contributed by atoms with Crippen molar-refractivity contribution in [3.05, 3.63) is 75.7 Å². The number of benzene rings is 2. The van der Waals surface area contributed by atoms with Crippen molar-refractivity contribution in [1.29, 1.82) is 0 Å². The van der Waals surface area contributed by atoms with Crippen LogP contribution in [0.5, 0.6) is 17.2 Å². The summed E-state index contributed by atoms with van der Waals surface area (Å²) in [5.41, 5.74) is 4.06. The van der Waals surface area contributed by atoms with E-state index in [0.717, 1.165) is 11.3 Å². The lowest BCUT2D eigenvalue weighted by atomic mass is 10.1. The lowest BCUT2D eigenvalue weighted by Gasteiger charge is -2.13. The van der Waals surface area contributed by atoms with Crippen molar-refractivity contribution in [3.63, 3.8) is 0 Å². The smallest absolute Gasteiger partial charge is 0.277 e. The van der Waals surface area contributed by atoms with E-state index >= 15 is 0 Å². The molecule has 0 bridgehead atoms. The van der Waals surface area contributed by atoms with E-state index in [-0.39, 0.29) is 17.9 Å². The number of rotatable bonds is 9. The zero-order valence-corrected chi connectivity index (χ0v) is 21.1. The normalized spacial score (nSPS) is 10.9. The molecule has 4 rings (SSSR count). The minimum atomic E-state index is -0.241. The van der Waals surface area contributed by atoms with Crippen LogP contribution >= 0.6 is 0 Å². The van der Waals surface area contributed by atoms with E-state index in [0.29, 0.717) is 52.7 Å². The van der Waals surface area contributed by atoms with E-state index < -0.39 is 0 Å². The number of hydrogen-bond acceptors (Lipinski definition) is 6. The van der Waals surface area contributed by atoms with Crippen LogP contribution < -0.4 is 25.1 Å². The van der Waals surface area contributed by atoms with Gasteiger partial charge in [-0.05, 0) is 31.0 Å². The average Bonchev–Trinajstić information content (AvgIpc) is 3.36. The molecular weight excluding hydrogens is 460 g/mol. The Kier molecular flexibility index (Phi) is 7.28. The second-order valence-electron chi connectivity index (χ2n) is 8.40. The molecule has 0 atom stereocenters. The summed E-state index contributed by atoms with van der Waals surface area (Å²) in [4.78, 5) is 25.8. The number of amides is 1. The molecule has 1 amide bonds. The second kappa shape index (κ2) is 10.6. The van der Waals surface area contributed by atoms with Crippen molar-refractivity contribution >= 4 is 11.6 Å². The molecule has 0 aliphatic heterocycles. The quantitative estimate of drug-likeness (QED) is 0.387. The molecule has 1 N–H and O–H groups in total. The maximum Gasteiger partial charge on any atom is 0.277 e. The van der Waals surface area contributed by atoms with Gasteiger partial charge in [-0.25, -0.2) is 0 Å². The van der Waals surface area contributed by atoms with Gasteiger partial charge in [0.05, 0.1) is 27.0 Å². The minimum Gasteiger partial charge on any atom is -0.493 e. The SMILES string of the molecule is COc1cc(-c2cc3n(C)c(C)c(CCC(=O)NCc4ccccc4)c(=O)n3n2)cc(OC)c1OC. The first-order chi connectivity index (χ1) is 17.4. The lowest BCUT2D eigenvalue weighted by Crippen LogP contribution is -2.27. The summed E-state index contributed by atoms with van der Waals surface area (Å²) in [7, 11) is 6.52. The highest BCUT2D eigenvalue weighted by atomic mass is 16.5. The molecule has 0 fully saturated rings. The molecule has 0 spiro atoms. The third-order valence-corrected chi connectivity index (χ3v) is 6.32. The van der Waals surface area contributed by atoms with Crippen LogP contribution in [0.25, 0.3) is 16.9 Å². The van der Waals surface area contributed by atoms with Gasteiger partial charge in [0.1, 0.15) is 5.65 Å². The summed E-state index contributed by atoms with van der Waals surface area (Å²) in [5.74, 6) is 1.35. The maximum absolute atomic E-state index is 13.4. The molecule has 0 radical (unpaired) electrons. The molecule has 2 aromatic carbocycles. The lowest BCUT2D eigenvalue weighted by molar-refractivity contribution is -0.121. The van der Waals surface area contributed by atoms with Crippen LogP contribution in [0.2, 0.25) is 0 Å². The summed E-state index contributed by atoms with van der Waals surface area (Å²) in [5, 5.41) is 7.50. The molecule has 2 aromatic heterocycles. The summed E-state index contributed by atoms with van der Waals surface area (Å²) in [6.45, 7) is 2.33. The predicted octanol–water partition coefficient (Wildman–Crippen LogP) is 3.28. The molecular formula is C27H30N4O5. The molecule has 0 aliphatic carbocycles. The first kappa shape index (κ1) is 24.8. The molecule has 0 saturated carbocycles. The Morgan fingerprint density at radius 2 is 1.67 bits per heavy atom. The number of methoxy groups -OCH3 is 3. The number of aryl methyl sites for hydroxylation is 1. The molecule has 188 valence electrons. The van der Waals surface area contributed by atoms with Crippen molar-refractivity contribution in [2.45, 2.75) is 26.3 Å². The zero-order valence-electron chi connectivity index (χ0n) is 21.1. The van der Waals surface area contributed by atoms with Gasteiger partial charge in [-0.2, -0.15) is 9.61 Å². The van der Waals surface area contributed by atoms with E-state index in [1.54, 1.807) is 33.5 Å². The maximum atomic E-state index is 13.4. The highest BCUT2D eigenvalue weighted by Gasteiger charge is 2.19. The largest absolute Gasteiger partial charge is 0.493 e. The van der Waals surface area contributed by atoms with Crippen molar-refractivity contribution in [2.75, 3.05) is 21.3 Å². The van der Waals surface area contributed by atoms with E-state index in [1.807, 2.05) is 54.9 Å². The molecule has 9 heteroatoms. The fourth-order valence-corrected chi connectivity index (χ4v) is 4.20. The Morgan fingerprint density at radius 1 is 1.00 bits per heavy atom. The monoisotopic (exact) mass is 490 g/mol. The number of carbonyl (C=O) groups excluding carboxylic acids is 1. The van der Waals surface area contributed by atoms with Gasteiger partial charge >= 0.3 is 0 Å². The van der Waals surface area contributed by atoms with Gasteiger partial charge in [0.2, 0.25) is 11.7 Å².